The minimum absolute atomic E-state index is 0.0761. The molecule has 0 saturated heterocycles. The summed E-state index contributed by atoms with van der Waals surface area (Å²) < 4.78 is 0. The molecule has 3 aromatic rings. The molecule has 0 aliphatic rings. The lowest BCUT2D eigenvalue weighted by atomic mass is 10.1. The largest absolute Gasteiger partial charge is 0.481 e. The van der Waals surface area contributed by atoms with E-state index in [1.807, 2.05) is 42.5 Å². The zero-order chi connectivity index (χ0) is 15.5. The van der Waals surface area contributed by atoms with Crippen molar-refractivity contribution >= 4 is 40.2 Å². The summed E-state index contributed by atoms with van der Waals surface area (Å²) in [4.78, 5) is 19.7. The molecule has 1 heterocycles. The summed E-state index contributed by atoms with van der Waals surface area (Å²) in [6.45, 7) is 0. The molecule has 0 spiro atoms. The number of aromatic nitrogens is 2. The number of aliphatic carboxylic acids is 1. The first-order valence-electron chi connectivity index (χ1n) is 6.51. The van der Waals surface area contributed by atoms with Gasteiger partial charge in [0.15, 0.2) is 5.16 Å². The second kappa shape index (κ2) is 6.34. The maximum Gasteiger partial charge on any atom is 0.313 e. The van der Waals surface area contributed by atoms with Gasteiger partial charge in [0.1, 0.15) is 0 Å². The molecule has 0 unspecified atom stereocenters. The minimum Gasteiger partial charge on any atom is -0.481 e. The number of carbonyl (C=O) groups is 1. The second-order valence-electron chi connectivity index (χ2n) is 4.56. The fourth-order valence-electron chi connectivity index (χ4n) is 2.09. The average molecular weight is 331 g/mol. The van der Waals surface area contributed by atoms with Crippen molar-refractivity contribution in [1.29, 1.82) is 0 Å². The third-order valence-corrected chi connectivity index (χ3v) is 4.08. The van der Waals surface area contributed by atoms with E-state index < -0.39 is 5.97 Å². The van der Waals surface area contributed by atoms with E-state index in [2.05, 4.69) is 9.97 Å². The first-order valence-corrected chi connectivity index (χ1v) is 7.87. The van der Waals surface area contributed by atoms with E-state index in [-0.39, 0.29) is 5.75 Å². The van der Waals surface area contributed by atoms with Gasteiger partial charge < -0.3 is 5.11 Å². The Morgan fingerprint density at radius 3 is 2.64 bits per heavy atom. The van der Waals surface area contributed by atoms with E-state index in [9.17, 15) is 4.79 Å². The van der Waals surface area contributed by atoms with E-state index in [1.165, 1.54) is 0 Å². The highest BCUT2D eigenvalue weighted by atomic mass is 35.5. The summed E-state index contributed by atoms with van der Waals surface area (Å²) in [5.41, 5.74) is 2.43. The molecule has 0 aliphatic carbocycles. The number of benzene rings is 2. The topological polar surface area (TPSA) is 63.1 Å². The van der Waals surface area contributed by atoms with Crippen molar-refractivity contribution in [2.24, 2.45) is 0 Å². The third kappa shape index (κ3) is 3.21. The molecule has 0 atom stereocenters. The van der Waals surface area contributed by atoms with Crippen molar-refractivity contribution < 1.29 is 9.90 Å². The number of halogens is 1. The molecular formula is C16H11ClN2O2S. The molecule has 0 aliphatic heterocycles. The van der Waals surface area contributed by atoms with Crippen LogP contribution in [0.15, 0.2) is 53.7 Å². The Bertz CT molecular complexity index is 840. The zero-order valence-electron chi connectivity index (χ0n) is 11.4. The van der Waals surface area contributed by atoms with Crippen LogP contribution < -0.4 is 0 Å². The fourth-order valence-corrected chi connectivity index (χ4v) is 2.83. The third-order valence-electron chi connectivity index (χ3n) is 3.01. The van der Waals surface area contributed by atoms with Gasteiger partial charge in [0.25, 0.3) is 0 Å². The normalized spacial score (nSPS) is 10.8. The second-order valence-corrected chi connectivity index (χ2v) is 5.94. The van der Waals surface area contributed by atoms with Crippen LogP contribution in [0.1, 0.15) is 0 Å². The summed E-state index contributed by atoms with van der Waals surface area (Å²) in [6.07, 6.45) is 0. The molecule has 110 valence electrons. The van der Waals surface area contributed by atoms with Crippen molar-refractivity contribution in [3.8, 4) is 11.3 Å². The van der Waals surface area contributed by atoms with Gasteiger partial charge in [-0.15, -0.1) is 0 Å². The smallest absolute Gasteiger partial charge is 0.313 e. The molecule has 0 bridgehead atoms. The molecule has 22 heavy (non-hydrogen) atoms. The number of fused-ring (bicyclic) bond motifs is 1. The van der Waals surface area contributed by atoms with E-state index in [4.69, 9.17) is 16.7 Å². The lowest BCUT2D eigenvalue weighted by molar-refractivity contribution is -0.133. The maximum atomic E-state index is 10.7. The highest BCUT2D eigenvalue weighted by Gasteiger charge is 2.11. The monoisotopic (exact) mass is 330 g/mol. The van der Waals surface area contributed by atoms with Crippen molar-refractivity contribution in [3.05, 3.63) is 53.6 Å². The van der Waals surface area contributed by atoms with Crippen LogP contribution in [0.3, 0.4) is 0 Å². The molecule has 0 amide bonds. The molecular weight excluding hydrogens is 320 g/mol. The summed E-state index contributed by atoms with van der Waals surface area (Å²) in [5.74, 6) is -0.973. The molecule has 6 heteroatoms. The molecule has 4 nitrogen and oxygen atoms in total. The summed E-state index contributed by atoms with van der Waals surface area (Å²) in [6, 6.07) is 15.1. The van der Waals surface area contributed by atoms with Crippen LogP contribution >= 0.6 is 23.4 Å². The molecule has 0 radical (unpaired) electrons. The van der Waals surface area contributed by atoms with Crippen molar-refractivity contribution in [3.63, 3.8) is 0 Å². The molecule has 3 rings (SSSR count). The maximum absolute atomic E-state index is 10.7. The van der Waals surface area contributed by atoms with Gasteiger partial charge in [-0.3, -0.25) is 4.79 Å². The summed E-state index contributed by atoms with van der Waals surface area (Å²) >= 11 is 7.18. The van der Waals surface area contributed by atoms with Gasteiger partial charge in [-0.05, 0) is 18.2 Å². The quantitative estimate of drug-likeness (QED) is 0.575. The van der Waals surface area contributed by atoms with Gasteiger partial charge in [-0.1, -0.05) is 53.7 Å². The zero-order valence-corrected chi connectivity index (χ0v) is 12.9. The van der Waals surface area contributed by atoms with Crippen LogP contribution in [0.5, 0.6) is 0 Å². The van der Waals surface area contributed by atoms with Gasteiger partial charge in [0, 0.05) is 16.0 Å². The van der Waals surface area contributed by atoms with E-state index in [0.29, 0.717) is 10.2 Å². The van der Waals surface area contributed by atoms with Crippen LogP contribution in [0.4, 0.5) is 0 Å². The highest BCUT2D eigenvalue weighted by molar-refractivity contribution is 7.99. The van der Waals surface area contributed by atoms with E-state index >= 15 is 0 Å². The Morgan fingerprint density at radius 2 is 1.91 bits per heavy atom. The average Bonchev–Trinajstić information content (AvgIpc) is 2.53. The number of hydrogen-bond donors (Lipinski definition) is 1. The number of rotatable bonds is 4. The predicted molar refractivity (Wildman–Crippen MR) is 88.3 cm³/mol. The summed E-state index contributed by atoms with van der Waals surface area (Å²) in [5, 5.41) is 10.7. The standard InChI is InChI=1S/C16H11ClN2O2S/c17-11-6-7-13-12(8-11)15(10-4-2-1-3-5-10)19-16(18-13)22-9-14(20)21/h1-8H,9H2,(H,20,21). The van der Waals surface area contributed by atoms with Crippen LogP contribution in [-0.4, -0.2) is 26.8 Å². The Labute approximate surface area is 136 Å². The molecule has 1 N–H and O–H groups in total. The number of carboxylic acids is 1. The van der Waals surface area contributed by atoms with Gasteiger partial charge in [-0.25, -0.2) is 9.97 Å². The first kappa shape index (κ1) is 14.8. The van der Waals surface area contributed by atoms with Crippen molar-refractivity contribution in [2.45, 2.75) is 5.16 Å². The Kier molecular flexibility index (Phi) is 4.27. The van der Waals surface area contributed by atoms with Crippen LogP contribution in [0, 0.1) is 0 Å². The van der Waals surface area contributed by atoms with Crippen LogP contribution in [-0.2, 0) is 4.79 Å². The Morgan fingerprint density at radius 1 is 1.14 bits per heavy atom. The lowest BCUT2D eigenvalue weighted by Crippen LogP contribution is -2.00. The van der Waals surface area contributed by atoms with Gasteiger partial charge >= 0.3 is 5.97 Å². The van der Waals surface area contributed by atoms with E-state index in [1.54, 1.807) is 6.07 Å². The minimum atomic E-state index is -0.897. The first-order chi connectivity index (χ1) is 10.6. The molecule has 0 fully saturated rings. The molecule has 1 aromatic heterocycles. The number of nitrogens with zero attached hydrogens (tertiary/aromatic N) is 2. The Balaban J connectivity index is 2.17. The van der Waals surface area contributed by atoms with Gasteiger partial charge in [0.2, 0.25) is 0 Å². The molecule has 0 saturated carbocycles. The van der Waals surface area contributed by atoms with E-state index in [0.717, 1.165) is 33.9 Å². The highest BCUT2D eigenvalue weighted by Crippen LogP contribution is 2.30. The number of hydrogen-bond acceptors (Lipinski definition) is 4. The van der Waals surface area contributed by atoms with Gasteiger partial charge in [0.05, 0.1) is 17.0 Å². The predicted octanol–water partition coefficient (Wildman–Crippen LogP) is 4.13. The SMILES string of the molecule is O=C(O)CSc1nc(-c2ccccc2)c2cc(Cl)ccc2n1. The van der Waals surface area contributed by atoms with Crippen LogP contribution in [0.2, 0.25) is 5.02 Å². The lowest BCUT2D eigenvalue weighted by Gasteiger charge is -2.08. The van der Waals surface area contributed by atoms with Crippen molar-refractivity contribution in [1.82, 2.24) is 9.97 Å². The van der Waals surface area contributed by atoms with Crippen molar-refractivity contribution in [2.75, 3.05) is 5.75 Å². The number of carboxylic acid groups (broad SMARTS) is 1. The number of thioether (sulfide) groups is 1. The van der Waals surface area contributed by atoms with Crippen LogP contribution in [0.25, 0.3) is 22.2 Å². The fraction of sp³-hybridized carbons (Fsp3) is 0.0625. The van der Waals surface area contributed by atoms with Gasteiger partial charge in [-0.2, -0.15) is 0 Å². The Hall–Kier alpha value is -2.11. The summed E-state index contributed by atoms with van der Waals surface area (Å²) in [7, 11) is 0. The molecule has 2 aromatic carbocycles.